The topological polar surface area (TPSA) is 53.7 Å². The Labute approximate surface area is 165 Å². The van der Waals surface area contributed by atoms with E-state index in [0.29, 0.717) is 12.8 Å². The molecule has 3 heterocycles. The average Bonchev–Trinajstić information content (AvgIpc) is 3.09. The third kappa shape index (κ3) is 3.59. The molecule has 0 aliphatic carbocycles. The lowest BCUT2D eigenvalue weighted by Gasteiger charge is -2.36. The molecule has 0 spiro atoms. The van der Waals surface area contributed by atoms with E-state index in [1.54, 1.807) is 0 Å². The standard InChI is InChI=1S/C22H27N5O/c1-16-15-21-23-17(2)20(18(3)27(21)24-16)9-10-22(28)26-13-11-25(12-14-26)19-7-5-4-6-8-19/h4-8,15H,9-14H2,1-3H3. The molecule has 2 aromatic heterocycles. The van der Waals surface area contributed by atoms with Gasteiger partial charge in [0.1, 0.15) is 0 Å². The first-order chi connectivity index (χ1) is 13.5. The smallest absolute Gasteiger partial charge is 0.223 e. The number of fused-ring (bicyclic) bond motifs is 1. The highest BCUT2D eigenvalue weighted by Gasteiger charge is 2.22. The number of aryl methyl sites for hydroxylation is 3. The summed E-state index contributed by atoms with van der Waals surface area (Å²) in [6, 6.07) is 12.4. The highest BCUT2D eigenvalue weighted by atomic mass is 16.2. The van der Waals surface area contributed by atoms with Gasteiger partial charge in [0.05, 0.1) is 5.69 Å². The van der Waals surface area contributed by atoms with Crippen molar-refractivity contribution in [2.24, 2.45) is 0 Å². The molecular formula is C22H27N5O. The van der Waals surface area contributed by atoms with Crippen LogP contribution in [0.2, 0.25) is 0 Å². The fraction of sp³-hybridized carbons (Fsp3) is 0.409. The maximum absolute atomic E-state index is 12.8. The van der Waals surface area contributed by atoms with E-state index in [-0.39, 0.29) is 5.91 Å². The normalized spacial score (nSPS) is 14.7. The van der Waals surface area contributed by atoms with Gasteiger partial charge >= 0.3 is 0 Å². The van der Waals surface area contributed by atoms with E-state index in [9.17, 15) is 4.79 Å². The van der Waals surface area contributed by atoms with Crippen LogP contribution in [-0.4, -0.2) is 51.6 Å². The fourth-order valence-corrected chi connectivity index (χ4v) is 4.05. The minimum Gasteiger partial charge on any atom is -0.368 e. The lowest BCUT2D eigenvalue weighted by Crippen LogP contribution is -2.48. The zero-order chi connectivity index (χ0) is 19.7. The molecule has 6 heteroatoms. The molecule has 0 saturated carbocycles. The molecule has 0 unspecified atom stereocenters. The molecule has 1 amide bonds. The van der Waals surface area contributed by atoms with Gasteiger partial charge in [-0.2, -0.15) is 5.10 Å². The first-order valence-corrected chi connectivity index (χ1v) is 9.93. The zero-order valence-corrected chi connectivity index (χ0v) is 16.9. The Bertz CT molecular complexity index is 987. The summed E-state index contributed by atoms with van der Waals surface area (Å²) in [7, 11) is 0. The second-order valence-electron chi connectivity index (χ2n) is 7.52. The van der Waals surface area contributed by atoms with E-state index in [4.69, 9.17) is 0 Å². The van der Waals surface area contributed by atoms with Gasteiger partial charge < -0.3 is 9.80 Å². The van der Waals surface area contributed by atoms with Crippen molar-refractivity contribution in [3.05, 3.63) is 59.0 Å². The predicted octanol–water partition coefficient (Wildman–Crippen LogP) is 2.94. The fourth-order valence-electron chi connectivity index (χ4n) is 4.05. The van der Waals surface area contributed by atoms with Crippen LogP contribution in [0.4, 0.5) is 5.69 Å². The predicted molar refractivity (Wildman–Crippen MR) is 111 cm³/mol. The summed E-state index contributed by atoms with van der Waals surface area (Å²) in [5.74, 6) is 0.225. The third-order valence-electron chi connectivity index (χ3n) is 5.63. The summed E-state index contributed by atoms with van der Waals surface area (Å²) in [5.41, 5.74) is 6.27. The Morgan fingerprint density at radius 3 is 2.46 bits per heavy atom. The molecule has 0 bridgehead atoms. The number of benzene rings is 1. The number of para-hydroxylation sites is 1. The molecule has 1 aliphatic heterocycles. The van der Waals surface area contributed by atoms with Crippen LogP contribution < -0.4 is 4.90 Å². The van der Waals surface area contributed by atoms with Gasteiger partial charge in [0.2, 0.25) is 5.91 Å². The minimum atomic E-state index is 0.225. The lowest BCUT2D eigenvalue weighted by atomic mass is 10.1. The largest absolute Gasteiger partial charge is 0.368 e. The first kappa shape index (κ1) is 18.5. The van der Waals surface area contributed by atoms with E-state index < -0.39 is 0 Å². The summed E-state index contributed by atoms with van der Waals surface area (Å²) in [6.45, 7) is 9.38. The van der Waals surface area contributed by atoms with Gasteiger partial charge in [-0.15, -0.1) is 0 Å². The Balaban J connectivity index is 1.38. The van der Waals surface area contributed by atoms with Gasteiger partial charge in [-0.3, -0.25) is 4.79 Å². The molecule has 1 aliphatic rings. The van der Waals surface area contributed by atoms with Crippen molar-refractivity contribution in [3.63, 3.8) is 0 Å². The number of amides is 1. The van der Waals surface area contributed by atoms with Crippen LogP contribution in [0.15, 0.2) is 36.4 Å². The number of anilines is 1. The summed E-state index contributed by atoms with van der Waals surface area (Å²) in [4.78, 5) is 21.8. The van der Waals surface area contributed by atoms with Crippen molar-refractivity contribution >= 4 is 17.2 Å². The summed E-state index contributed by atoms with van der Waals surface area (Å²) in [6.07, 6.45) is 1.22. The second kappa shape index (κ2) is 7.62. The van der Waals surface area contributed by atoms with Crippen molar-refractivity contribution in [2.45, 2.75) is 33.6 Å². The van der Waals surface area contributed by atoms with Crippen molar-refractivity contribution < 1.29 is 4.79 Å². The Morgan fingerprint density at radius 1 is 1.04 bits per heavy atom. The number of aromatic nitrogens is 3. The van der Waals surface area contributed by atoms with E-state index in [2.05, 4.69) is 46.2 Å². The summed E-state index contributed by atoms with van der Waals surface area (Å²) < 4.78 is 1.89. The molecular weight excluding hydrogens is 350 g/mol. The van der Waals surface area contributed by atoms with Crippen LogP contribution >= 0.6 is 0 Å². The molecule has 0 radical (unpaired) electrons. The third-order valence-corrected chi connectivity index (χ3v) is 5.63. The van der Waals surface area contributed by atoms with Gasteiger partial charge in [0, 0.05) is 55.7 Å². The maximum Gasteiger partial charge on any atom is 0.223 e. The number of rotatable bonds is 4. The van der Waals surface area contributed by atoms with E-state index in [0.717, 1.165) is 54.5 Å². The molecule has 6 nitrogen and oxygen atoms in total. The number of carbonyl (C=O) groups excluding carboxylic acids is 1. The van der Waals surface area contributed by atoms with Crippen molar-refractivity contribution in [3.8, 4) is 0 Å². The van der Waals surface area contributed by atoms with Crippen LogP contribution in [0.25, 0.3) is 5.65 Å². The first-order valence-electron chi connectivity index (χ1n) is 9.93. The Hall–Kier alpha value is -2.89. The number of hydrogen-bond acceptors (Lipinski definition) is 4. The van der Waals surface area contributed by atoms with Crippen molar-refractivity contribution in [2.75, 3.05) is 31.1 Å². The Morgan fingerprint density at radius 2 is 1.75 bits per heavy atom. The average molecular weight is 377 g/mol. The van der Waals surface area contributed by atoms with Gasteiger partial charge in [0.25, 0.3) is 0 Å². The molecule has 0 N–H and O–H groups in total. The van der Waals surface area contributed by atoms with E-state index >= 15 is 0 Å². The SMILES string of the molecule is Cc1cc2nc(C)c(CCC(=O)N3CCN(c4ccccc4)CC3)c(C)n2n1. The summed E-state index contributed by atoms with van der Waals surface area (Å²) in [5, 5.41) is 4.52. The highest BCUT2D eigenvalue weighted by molar-refractivity contribution is 5.77. The van der Waals surface area contributed by atoms with Gasteiger partial charge in [0.15, 0.2) is 5.65 Å². The number of hydrogen-bond donors (Lipinski definition) is 0. The van der Waals surface area contributed by atoms with Crippen LogP contribution in [0.5, 0.6) is 0 Å². The lowest BCUT2D eigenvalue weighted by molar-refractivity contribution is -0.131. The Kier molecular flexibility index (Phi) is 5.03. The molecule has 146 valence electrons. The van der Waals surface area contributed by atoms with Gasteiger partial charge in [-0.25, -0.2) is 9.50 Å². The molecule has 4 rings (SSSR count). The van der Waals surface area contributed by atoms with Gasteiger partial charge in [-0.05, 0) is 44.9 Å². The van der Waals surface area contributed by atoms with E-state index in [1.165, 1.54) is 5.69 Å². The molecule has 1 saturated heterocycles. The zero-order valence-electron chi connectivity index (χ0n) is 16.9. The molecule has 1 fully saturated rings. The molecule has 0 atom stereocenters. The summed E-state index contributed by atoms with van der Waals surface area (Å²) >= 11 is 0. The van der Waals surface area contributed by atoms with Crippen LogP contribution in [0, 0.1) is 20.8 Å². The number of nitrogens with zero attached hydrogens (tertiary/aromatic N) is 5. The van der Waals surface area contributed by atoms with Crippen LogP contribution in [0.1, 0.15) is 29.1 Å². The monoisotopic (exact) mass is 377 g/mol. The van der Waals surface area contributed by atoms with E-state index in [1.807, 2.05) is 35.4 Å². The number of piperazine rings is 1. The maximum atomic E-state index is 12.8. The van der Waals surface area contributed by atoms with Gasteiger partial charge in [-0.1, -0.05) is 18.2 Å². The van der Waals surface area contributed by atoms with Crippen molar-refractivity contribution in [1.29, 1.82) is 0 Å². The molecule has 1 aromatic carbocycles. The second-order valence-corrected chi connectivity index (χ2v) is 7.52. The quantitative estimate of drug-likeness (QED) is 0.702. The molecule has 28 heavy (non-hydrogen) atoms. The number of carbonyl (C=O) groups is 1. The van der Waals surface area contributed by atoms with Crippen LogP contribution in [-0.2, 0) is 11.2 Å². The van der Waals surface area contributed by atoms with Crippen LogP contribution in [0.3, 0.4) is 0 Å². The highest BCUT2D eigenvalue weighted by Crippen LogP contribution is 2.19. The minimum absolute atomic E-state index is 0.225. The van der Waals surface area contributed by atoms with Crippen molar-refractivity contribution in [1.82, 2.24) is 19.5 Å². The molecule has 3 aromatic rings.